The van der Waals surface area contributed by atoms with E-state index in [-0.39, 0.29) is 11.7 Å². The summed E-state index contributed by atoms with van der Waals surface area (Å²) in [5, 5.41) is 10.2. The van der Waals surface area contributed by atoms with Crippen molar-refractivity contribution in [2.45, 2.75) is 0 Å². The summed E-state index contributed by atoms with van der Waals surface area (Å²) >= 11 is 0. The molecule has 5 rings (SSSR count). The topological polar surface area (TPSA) is 66.1 Å². The molecule has 34 heavy (non-hydrogen) atoms. The van der Waals surface area contributed by atoms with Crippen molar-refractivity contribution in [3.63, 3.8) is 0 Å². The molecule has 0 aliphatic carbocycles. The third kappa shape index (κ3) is 4.86. The average Bonchev–Trinajstić information content (AvgIpc) is 2.86. The van der Waals surface area contributed by atoms with Gasteiger partial charge in [0.25, 0.3) is 5.91 Å². The van der Waals surface area contributed by atoms with Crippen LogP contribution in [0.15, 0.2) is 109 Å². The minimum atomic E-state index is -0.332. The summed E-state index contributed by atoms with van der Waals surface area (Å²) in [5.41, 5.74) is 5.23. The lowest BCUT2D eigenvalue weighted by atomic mass is 10.1. The van der Waals surface area contributed by atoms with Crippen LogP contribution in [-0.4, -0.2) is 10.9 Å². The molecule has 0 radical (unpaired) electrons. The van der Waals surface area contributed by atoms with Crippen LogP contribution in [-0.2, 0) is 0 Å². The zero-order valence-corrected chi connectivity index (χ0v) is 18.1. The highest BCUT2D eigenvalue weighted by Gasteiger charge is 2.09. The highest BCUT2D eigenvalue weighted by Crippen LogP contribution is 2.26. The van der Waals surface area contributed by atoms with Gasteiger partial charge in [0, 0.05) is 45.6 Å². The lowest BCUT2D eigenvalue weighted by Gasteiger charge is -2.12. The van der Waals surface area contributed by atoms with Gasteiger partial charge in [-0.1, -0.05) is 24.3 Å². The van der Waals surface area contributed by atoms with E-state index in [9.17, 15) is 9.18 Å². The fourth-order valence-corrected chi connectivity index (χ4v) is 3.65. The van der Waals surface area contributed by atoms with Crippen molar-refractivity contribution in [1.82, 2.24) is 4.98 Å². The van der Waals surface area contributed by atoms with Gasteiger partial charge < -0.3 is 16.0 Å². The first-order valence-electron chi connectivity index (χ1n) is 10.8. The van der Waals surface area contributed by atoms with Crippen LogP contribution in [0.5, 0.6) is 0 Å². The zero-order valence-electron chi connectivity index (χ0n) is 18.1. The number of para-hydroxylation sites is 1. The van der Waals surface area contributed by atoms with E-state index < -0.39 is 0 Å². The zero-order chi connectivity index (χ0) is 23.3. The number of amides is 1. The molecular weight excluding hydrogens is 427 g/mol. The molecular formula is C28H21FN4O. The summed E-state index contributed by atoms with van der Waals surface area (Å²) in [6, 6.07) is 30.8. The molecule has 1 heterocycles. The van der Waals surface area contributed by atoms with E-state index in [0.717, 1.165) is 11.4 Å². The maximum atomic E-state index is 13.8. The average molecular weight is 449 g/mol. The second-order valence-corrected chi connectivity index (χ2v) is 7.75. The first kappa shape index (κ1) is 21.2. The number of nitrogens with zero attached hydrogens (tertiary/aromatic N) is 1. The smallest absolute Gasteiger partial charge is 0.255 e. The van der Waals surface area contributed by atoms with Crippen molar-refractivity contribution >= 4 is 45.2 Å². The first-order chi connectivity index (χ1) is 16.6. The summed E-state index contributed by atoms with van der Waals surface area (Å²) in [6.07, 6.45) is 1.66. The number of fused-ring (bicyclic) bond motifs is 1. The van der Waals surface area contributed by atoms with Crippen molar-refractivity contribution in [3.05, 3.63) is 121 Å². The van der Waals surface area contributed by atoms with Gasteiger partial charge in [-0.05, 0) is 78.9 Å². The van der Waals surface area contributed by atoms with Crippen LogP contribution < -0.4 is 16.0 Å². The van der Waals surface area contributed by atoms with E-state index in [1.807, 2.05) is 60.7 Å². The minimum Gasteiger partial charge on any atom is -0.356 e. The molecule has 0 atom stereocenters. The van der Waals surface area contributed by atoms with E-state index >= 15 is 0 Å². The number of benzene rings is 4. The quantitative estimate of drug-likeness (QED) is 0.259. The molecule has 5 nitrogen and oxygen atoms in total. The first-order valence-corrected chi connectivity index (χ1v) is 10.8. The summed E-state index contributed by atoms with van der Waals surface area (Å²) in [4.78, 5) is 17.1. The predicted octanol–water partition coefficient (Wildman–Crippen LogP) is 7.11. The highest BCUT2D eigenvalue weighted by atomic mass is 19.1. The number of pyridine rings is 1. The third-order valence-corrected chi connectivity index (χ3v) is 5.31. The molecule has 0 unspecified atom stereocenters. The van der Waals surface area contributed by atoms with Gasteiger partial charge in [-0.25, -0.2) is 4.39 Å². The van der Waals surface area contributed by atoms with Gasteiger partial charge in [0.15, 0.2) is 0 Å². The number of hydrogen-bond acceptors (Lipinski definition) is 4. The second kappa shape index (κ2) is 9.42. The fraction of sp³-hybridized carbons (Fsp3) is 0. The summed E-state index contributed by atoms with van der Waals surface area (Å²) in [7, 11) is 0. The summed E-state index contributed by atoms with van der Waals surface area (Å²) < 4.78 is 13.8. The van der Waals surface area contributed by atoms with Crippen molar-refractivity contribution < 1.29 is 9.18 Å². The Bertz CT molecular complexity index is 1450. The lowest BCUT2D eigenvalue weighted by molar-refractivity contribution is 0.102. The van der Waals surface area contributed by atoms with Crippen LogP contribution in [0.2, 0.25) is 0 Å². The molecule has 5 aromatic rings. The second-order valence-electron chi connectivity index (χ2n) is 7.75. The van der Waals surface area contributed by atoms with Crippen LogP contribution in [0.3, 0.4) is 0 Å². The van der Waals surface area contributed by atoms with Crippen LogP contribution in [0.4, 0.5) is 32.8 Å². The van der Waals surface area contributed by atoms with Gasteiger partial charge in [-0.15, -0.1) is 0 Å². The molecule has 1 aromatic heterocycles. The van der Waals surface area contributed by atoms with Gasteiger partial charge >= 0.3 is 0 Å². The molecule has 6 heteroatoms. The maximum Gasteiger partial charge on any atom is 0.255 e. The summed E-state index contributed by atoms with van der Waals surface area (Å²) in [6.45, 7) is 0. The Morgan fingerprint density at radius 2 is 1.41 bits per heavy atom. The monoisotopic (exact) mass is 448 g/mol. The maximum absolute atomic E-state index is 13.8. The lowest BCUT2D eigenvalue weighted by Crippen LogP contribution is -2.12. The van der Waals surface area contributed by atoms with Crippen LogP contribution in [0.25, 0.3) is 10.9 Å². The molecule has 3 N–H and O–H groups in total. The molecule has 0 aliphatic heterocycles. The molecule has 0 aliphatic rings. The SMILES string of the molecule is O=C(Nc1ccc(Nc2ccccc2)cc1)c1cccc(Nc2ccnc3ccc(F)cc23)c1. The Balaban J connectivity index is 1.29. The molecule has 0 spiro atoms. The van der Waals surface area contributed by atoms with Crippen molar-refractivity contribution in [2.24, 2.45) is 0 Å². The normalized spacial score (nSPS) is 10.6. The van der Waals surface area contributed by atoms with E-state index in [0.29, 0.717) is 33.5 Å². The summed E-state index contributed by atoms with van der Waals surface area (Å²) in [5.74, 6) is -0.556. The molecule has 0 saturated carbocycles. The van der Waals surface area contributed by atoms with Gasteiger partial charge in [0.1, 0.15) is 5.82 Å². The Morgan fingerprint density at radius 1 is 0.676 bits per heavy atom. The number of anilines is 5. The number of carbonyl (C=O) groups excluding carboxylic acids is 1. The van der Waals surface area contributed by atoms with E-state index in [4.69, 9.17) is 0 Å². The van der Waals surface area contributed by atoms with Crippen molar-refractivity contribution in [3.8, 4) is 0 Å². The van der Waals surface area contributed by atoms with E-state index in [1.54, 1.807) is 36.5 Å². The Hall–Kier alpha value is -4.71. The minimum absolute atomic E-state index is 0.224. The highest BCUT2D eigenvalue weighted by molar-refractivity contribution is 6.05. The number of rotatable bonds is 6. The van der Waals surface area contributed by atoms with Crippen LogP contribution in [0, 0.1) is 5.82 Å². The van der Waals surface area contributed by atoms with Crippen molar-refractivity contribution in [1.29, 1.82) is 0 Å². The molecule has 1 amide bonds. The van der Waals surface area contributed by atoms with Crippen LogP contribution in [0.1, 0.15) is 10.4 Å². The third-order valence-electron chi connectivity index (χ3n) is 5.31. The van der Waals surface area contributed by atoms with Gasteiger partial charge in [0.05, 0.1) is 5.52 Å². The molecule has 0 saturated heterocycles. The number of aromatic nitrogens is 1. The Kier molecular flexibility index (Phi) is 5.86. The number of carbonyl (C=O) groups is 1. The largest absolute Gasteiger partial charge is 0.356 e. The molecule has 0 bridgehead atoms. The predicted molar refractivity (Wildman–Crippen MR) is 136 cm³/mol. The van der Waals surface area contributed by atoms with Crippen LogP contribution >= 0.6 is 0 Å². The van der Waals surface area contributed by atoms with E-state index in [2.05, 4.69) is 20.9 Å². The number of hydrogen-bond donors (Lipinski definition) is 3. The molecule has 166 valence electrons. The Labute approximate surface area is 196 Å². The number of halogens is 1. The van der Waals surface area contributed by atoms with Gasteiger partial charge in [-0.2, -0.15) is 0 Å². The van der Waals surface area contributed by atoms with E-state index in [1.165, 1.54) is 12.1 Å². The van der Waals surface area contributed by atoms with Crippen molar-refractivity contribution in [2.75, 3.05) is 16.0 Å². The fourth-order valence-electron chi connectivity index (χ4n) is 3.65. The van der Waals surface area contributed by atoms with Gasteiger partial charge in [-0.3, -0.25) is 9.78 Å². The van der Waals surface area contributed by atoms with Gasteiger partial charge in [0.2, 0.25) is 0 Å². The number of nitrogens with one attached hydrogen (secondary N) is 3. The standard InChI is InChI=1S/C28H21FN4O/c29-20-9-14-26-25(18-20)27(15-16-30-26)32-24-8-4-5-19(17-24)28(34)33-23-12-10-22(11-13-23)31-21-6-2-1-3-7-21/h1-18,31H,(H,30,32)(H,33,34). The Morgan fingerprint density at radius 3 is 2.24 bits per heavy atom. The molecule has 4 aromatic carbocycles. The molecule has 0 fully saturated rings.